The third-order valence-electron chi connectivity index (χ3n) is 4.30. The van der Waals surface area contributed by atoms with Crippen LogP contribution in [0, 0.1) is 0 Å². The maximum atomic E-state index is 11.9. The van der Waals surface area contributed by atoms with Crippen molar-refractivity contribution in [3.63, 3.8) is 0 Å². The lowest BCUT2D eigenvalue weighted by Gasteiger charge is -2.16. The highest BCUT2D eigenvalue weighted by Crippen LogP contribution is 2.40. The van der Waals surface area contributed by atoms with E-state index in [0.29, 0.717) is 11.5 Å². The molecule has 4 N–H and O–H groups in total. The maximum absolute atomic E-state index is 11.9. The van der Waals surface area contributed by atoms with Gasteiger partial charge in [-0.1, -0.05) is 40.8 Å². The fourth-order valence-electron chi connectivity index (χ4n) is 2.83. The van der Waals surface area contributed by atoms with Gasteiger partial charge in [-0.25, -0.2) is 11.0 Å². The number of amides is 3. The van der Waals surface area contributed by atoms with E-state index in [1.54, 1.807) is 12.1 Å². The number of hydroxylamine groups is 2. The van der Waals surface area contributed by atoms with Crippen LogP contribution in [0.4, 0.5) is 0 Å². The normalized spacial score (nSPS) is 18.0. The maximum Gasteiger partial charge on any atom is 0.281 e. The Bertz CT molecular complexity index is 1110. The van der Waals surface area contributed by atoms with Gasteiger partial charge < -0.3 is 4.74 Å². The average molecular weight is 477 g/mol. The van der Waals surface area contributed by atoms with Gasteiger partial charge in [0.15, 0.2) is 6.61 Å². The third kappa shape index (κ3) is 4.94. The van der Waals surface area contributed by atoms with Gasteiger partial charge >= 0.3 is 0 Å². The minimum Gasteiger partial charge on any atom is -0.467 e. The smallest absolute Gasteiger partial charge is 0.281 e. The first kappa shape index (κ1) is 23.3. The standard InChI is InChI=1S/2C10H10N2O3S/c1-16-8-5-3-2-4-7(8)10(12-16)15-6-9(13)11-14;1-16-8-5-3-2-4-7(8)10(14)12(16)6-9(13)11-15/h2-5,14H,1,6H2,(H,11,13);2-5,15H,1,6H2,(H,11,13). The number of fused-ring (bicyclic) bond motifs is 2. The van der Waals surface area contributed by atoms with Crippen molar-refractivity contribution in [2.45, 2.75) is 9.79 Å². The van der Waals surface area contributed by atoms with E-state index in [1.807, 2.05) is 36.4 Å². The fourth-order valence-corrected chi connectivity index (χ4v) is 5.38. The highest BCUT2D eigenvalue weighted by atomic mass is 32.2. The van der Waals surface area contributed by atoms with E-state index in [1.165, 1.54) is 15.3 Å². The summed E-state index contributed by atoms with van der Waals surface area (Å²) in [5, 5.41) is 16.8. The lowest BCUT2D eigenvalue weighted by Crippen LogP contribution is -2.33. The molecule has 2 aromatic rings. The molecule has 0 spiro atoms. The lowest BCUT2D eigenvalue weighted by molar-refractivity contribution is -0.131. The zero-order valence-corrected chi connectivity index (χ0v) is 18.3. The molecule has 10 nitrogen and oxygen atoms in total. The van der Waals surface area contributed by atoms with Gasteiger partial charge in [-0.3, -0.25) is 29.1 Å². The van der Waals surface area contributed by atoms with Crippen LogP contribution in [0.3, 0.4) is 0 Å². The predicted molar refractivity (Wildman–Crippen MR) is 122 cm³/mol. The first-order chi connectivity index (χ1) is 15.4. The highest BCUT2D eigenvalue weighted by molar-refractivity contribution is 8.13. The second-order valence-electron chi connectivity index (χ2n) is 6.32. The molecule has 2 aliphatic heterocycles. The molecule has 2 unspecified atom stereocenters. The molecular formula is C20H20N4O6S2. The van der Waals surface area contributed by atoms with Crippen LogP contribution in [-0.4, -0.2) is 63.2 Å². The molecule has 0 saturated heterocycles. The Hall–Kier alpha value is -3.32. The summed E-state index contributed by atoms with van der Waals surface area (Å²) in [5.74, 6) is 6.69. The Morgan fingerprint density at radius 3 is 2.19 bits per heavy atom. The number of nitrogens with zero attached hydrogens (tertiary/aromatic N) is 2. The summed E-state index contributed by atoms with van der Waals surface area (Å²) in [7, 11) is -1.15. The summed E-state index contributed by atoms with van der Waals surface area (Å²) >= 11 is 0. The molecule has 2 heterocycles. The quantitative estimate of drug-likeness (QED) is 0.300. The molecule has 0 aliphatic carbocycles. The number of carbonyl (C=O) groups excluding carboxylic acids is 3. The van der Waals surface area contributed by atoms with Crippen molar-refractivity contribution in [2.75, 3.05) is 13.2 Å². The van der Waals surface area contributed by atoms with E-state index in [9.17, 15) is 14.4 Å². The average Bonchev–Trinajstić information content (AvgIpc) is 3.27. The Kier molecular flexibility index (Phi) is 7.53. The van der Waals surface area contributed by atoms with Gasteiger partial charge in [0.25, 0.3) is 17.7 Å². The molecule has 0 aromatic heterocycles. The molecule has 168 valence electrons. The molecular weight excluding hydrogens is 456 g/mol. The van der Waals surface area contributed by atoms with E-state index in [-0.39, 0.29) is 19.1 Å². The van der Waals surface area contributed by atoms with Crippen molar-refractivity contribution in [3.05, 3.63) is 59.7 Å². The largest absolute Gasteiger partial charge is 0.467 e. The molecule has 4 rings (SSSR count). The van der Waals surface area contributed by atoms with E-state index in [0.717, 1.165) is 15.4 Å². The predicted octanol–water partition coefficient (Wildman–Crippen LogP) is 1.57. The zero-order chi connectivity index (χ0) is 23.3. The number of hydrogen-bond donors (Lipinski definition) is 4. The van der Waals surface area contributed by atoms with Crippen LogP contribution in [0.15, 0.2) is 62.7 Å². The molecule has 0 saturated carbocycles. The van der Waals surface area contributed by atoms with Gasteiger partial charge in [0.1, 0.15) is 6.54 Å². The number of benzene rings is 2. The van der Waals surface area contributed by atoms with E-state index < -0.39 is 33.2 Å². The molecule has 0 fully saturated rings. The van der Waals surface area contributed by atoms with E-state index in [4.69, 9.17) is 15.2 Å². The number of carbonyl (C=O) groups is 3. The molecule has 12 heteroatoms. The van der Waals surface area contributed by atoms with Crippen LogP contribution in [0.2, 0.25) is 0 Å². The van der Waals surface area contributed by atoms with Crippen LogP contribution in [0.5, 0.6) is 0 Å². The van der Waals surface area contributed by atoms with Crippen molar-refractivity contribution in [1.82, 2.24) is 15.3 Å². The van der Waals surface area contributed by atoms with Crippen molar-refractivity contribution < 1.29 is 29.5 Å². The Morgan fingerprint density at radius 2 is 1.56 bits per heavy atom. The molecule has 3 amide bonds. The Balaban J connectivity index is 0.000000181. The summed E-state index contributed by atoms with van der Waals surface area (Å²) in [5.41, 5.74) is 4.42. The van der Waals surface area contributed by atoms with Gasteiger partial charge in [-0.05, 0) is 40.8 Å². The fraction of sp³-hybridized carbons (Fsp3) is 0.100. The molecule has 2 aromatic carbocycles. The van der Waals surface area contributed by atoms with Crippen molar-refractivity contribution in [1.29, 1.82) is 0 Å². The number of nitrogens with one attached hydrogen (secondary N) is 2. The van der Waals surface area contributed by atoms with Crippen LogP contribution >= 0.6 is 21.3 Å². The summed E-state index contributed by atoms with van der Waals surface area (Å²) < 4.78 is 10.8. The molecule has 0 bridgehead atoms. The lowest BCUT2D eigenvalue weighted by atomic mass is 10.2. The van der Waals surface area contributed by atoms with Crippen LogP contribution in [0.1, 0.15) is 15.9 Å². The molecule has 32 heavy (non-hydrogen) atoms. The number of rotatable bonds is 4. The minimum atomic E-state index is -0.676. The van der Waals surface area contributed by atoms with Crippen molar-refractivity contribution in [2.24, 2.45) is 4.40 Å². The Morgan fingerprint density at radius 1 is 0.969 bits per heavy atom. The summed E-state index contributed by atoms with van der Waals surface area (Å²) in [4.78, 5) is 35.6. The molecule has 2 atom stereocenters. The zero-order valence-electron chi connectivity index (χ0n) is 16.7. The van der Waals surface area contributed by atoms with Gasteiger partial charge in [0, 0.05) is 9.79 Å². The van der Waals surface area contributed by atoms with Gasteiger partial charge in [0.2, 0.25) is 5.90 Å². The van der Waals surface area contributed by atoms with E-state index >= 15 is 0 Å². The molecule has 2 aliphatic rings. The number of ether oxygens (including phenoxy) is 1. The summed E-state index contributed by atoms with van der Waals surface area (Å²) in [6, 6.07) is 14.7. The SMILES string of the molecule is C=S1N=C(OCC(=O)NO)c2ccccc21.C=S1c2ccccc2C(=O)N1CC(=O)NO. The second kappa shape index (κ2) is 10.3. The number of hydrogen-bond acceptors (Lipinski definition) is 7. The van der Waals surface area contributed by atoms with Crippen molar-refractivity contribution >= 4 is 56.7 Å². The monoisotopic (exact) mass is 476 g/mol. The third-order valence-corrected chi connectivity index (χ3v) is 7.25. The van der Waals surface area contributed by atoms with Gasteiger partial charge in [-0.2, -0.15) is 4.40 Å². The summed E-state index contributed by atoms with van der Waals surface area (Å²) in [6.45, 7) is -0.447. The van der Waals surface area contributed by atoms with Gasteiger partial charge in [0.05, 0.1) is 11.1 Å². The van der Waals surface area contributed by atoms with Crippen LogP contribution in [-0.2, 0) is 14.3 Å². The Labute approximate surface area is 188 Å². The topological polar surface area (TPSA) is 141 Å². The second-order valence-corrected chi connectivity index (χ2v) is 9.28. The highest BCUT2D eigenvalue weighted by Gasteiger charge is 2.31. The van der Waals surface area contributed by atoms with E-state index in [2.05, 4.69) is 16.1 Å². The van der Waals surface area contributed by atoms with Gasteiger partial charge in [-0.15, -0.1) is 0 Å². The first-order valence-electron chi connectivity index (χ1n) is 9.03. The molecule has 0 radical (unpaired) electrons. The van der Waals surface area contributed by atoms with Crippen LogP contribution < -0.4 is 11.0 Å². The summed E-state index contributed by atoms with van der Waals surface area (Å²) in [6.07, 6.45) is 0. The van der Waals surface area contributed by atoms with Crippen LogP contribution in [0.25, 0.3) is 0 Å². The minimum absolute atomic E-state index is 0.184. The van der Waals surface area contributed by atoms with Crippen molar-refractivity contribution in [3.8, 4) is 0 Å². The first-order valence-corrected chi connectivity index (χ1v) is 11.7.